The quantitative estimate of drug-likeness (QED) is 0.699. The van der Waals surface area contributed by atoms with Crippen LogP contribution < -0.4 is 11.1 Å². The van der Waals surface area contributed by atoms with E-state index < -0.39 is 0 Å². The van der Waals surface area contributed by atoms with Crippen LogP contribution in [0.25, 0.3) is 0 Å². The number of hydrogen-bond donors (Lipinski definition) is 2. The zero-order chi connectivity index (χ0) is 9.14. The fraction of sp³-hybridized carbons (Fsp3) is 0.200. The van der Waals surface area contributed by atoms with E-state index in [9.17, 15) is 0 Å². The molecule has 0 radical (unpaired) electrons. The molecule has 0 amide bonds. The maximum atomic E-state index is 5.43. The van der Waals surface area contributed by atoms with E-state index in [2.05, 4.69) is 24.9 Å². The molecular formula is C10H14N2. The maximum absolute atomic E-state index is 5.43. The third-order valence-corrected chi connectivity index (χ3v) is 1.68. The summed E-state index contributed by atoms with van der Waals surface area (Å²) < 4.78 is 0. The van der Waals surface area contributed by atoms with Crippen LogP contribution in [0.5, 0.6) is 0 Å². The van der Waals surface area contributed by atoms with E-state index >= 15 is 0 Å². The summed E-state index contributed by atoms with van der Waals surface area (Å²) in [5.74, 6) is 0.474. The van der Waals surface area contributed by atoms with Crippen LogP contribution in [0.3, 0.4) is 0 Å². The van der Waals surface area contributed by atoms with Gasteiger partial charge in [0.25, 0.3) is 0 Å². The molecule has 0 aliphatic heterocycles. The standard InChI is InChI=1S/C10H14N2/c1-7-4-5-10(8(2)6-7)12-9(3)11/h4-6,12H,3,11H2,1-2H3. The number of nitrogens with two attached hydrogens (primary N) is 1. The van der Waals surface area contributed by atoms with Gasteiger partial charge in [-0.1, -0.05) is 24.3 Å². The van der Waals surface area contributed by atoms with Gasteiger partial charge >= 0.3 is 0 Å². The highest BCUT2D eigenvalue weighted by molar-refractivity contribution is 5.54. The van der Waals surface area contributed by atoms with Crippen molar-refractivity contribution in [2.24, 2.45) is 5.73 Å². The van der Waals surface area contributed by atoms with E-state index in [-0.39, 0.29) is 0 Å². The third kappa shape index (κ3) is 2.02. The summed E-state index contributed by atoms with van der Waals surface area (Å²) in [7, 11) is 0. The molecule has 0 aliphatic carbocycles. The average molecular weight is 162 g/mol. The predicted molar refractivity (Wildman–Crippen MR) is 52.9 cm³/mol. The van der Waals surface area contributed by atoms with Gasteiger partial charge in [-0.05, 0) is 25.5 Å². The van der Waals surface area contributed by atoms with Gasteiger partial charge in [0.15, 0.2) is 0 Å². The molecule has 64 valence electrons. The second-order valence-corrected chi connectivity index (χ2v) is 2.97. The SMILES string of the molecule is C=C(N)Nc1ccc(C)cc1C. The van der Waals surface area contributed by atoms with Gasteiger partial charge in [0.2, 0.25) is 0 Å². The summed E-state index contributed by atoms with van der Waals surface area (Å²) in [6.07, 6.45) is 0. The first-order chi connectivity index (χ1) is 5.59. The molecule has 0 aromatic heterocycles. The van der Waals surface area contributed by atoms with Gasteiger partial charge < -0.3 is 11.1 Å². The first kappa shape index (κ1) is 8.65. The summed E-state index contributed by atoms with van der Waals surface area (Å²) in [6, 6.07) is 6.15. The Morgan fingerprint density at radius 1 is 1.42 bits per heavy atom. The lowest BCUT2D eigenvalue weighted by Crippen LogP contribution is -2.07. The number of hydrogen-bond acceptors (Lipinski definition) is 2. The van der Waals surface area contributed by atoms with Gasteiger partial charge in [-0.25, -0.2) is 0 Å². The Morgan fingerprint density at radius 2 is 2.08 bits per heavy atom. The van der Waals surface area contributed by atoms with E-state index in [1.54, 1.807) is 0 Å². The molecule has 2 nitrogen and oxygen atoms in total. The lowest BCUT2D eigenvalue weighted by molar-refractivity contribution is 1.29. The molecule has 1 aromatic rings. The normalized spacial score (nSPS) is 9.50. The largest absolute Gasteiger partial charge is 0.386 e. The number of anilines is 1. The Hall–Kier alpha value is -1.44. The highest BCUT2D eigenvalue weighted by Crippen LogP contribution is 2.16. The van der Waals surface area contributed by atoms with E-state index in [1.165, 1.54) is 11.1 Å². The zero-order valence-corrected chi connectivity index (χ0v) is 7.52. The smallest absolute Gasteiger partial charge is 0.0930 e. The minimum atomic E-state index is 0.474. The van der Waals surface area contributed by atoms with E-state index in [1.807, 2.05) is 19.1 Å². The van der Waals surface area contributed by atoms with Crippen molar-refractivity contribution in [3.8, 4) is 0 Å². The molecule has 1 aromatic carbocycles. The van der Waals surface area contributed by atoms with Gasteiger partial charge in [-0.2, -0.15) is 0 Å². The molecule has 0 atom stereocenters. The first-order valence-electron chi connectivity index (χ1n) is 3.88. The minimum Gasteiger partial charge on any atom is -0.386 e. The fourth-order valence-corrected chi connectivity index (χ4v) is 1.13. The number of nitrogens with one attached hydrogen (secondary N) is 1. The molecule has 0 fully saturated rings. The van der Waals surface area contributed by atoms with Gasteiger partial charge in [0, 0.05) is 5.69 Å². The van der Waals surface area contributed by atoms with E-state index in [4.69, 9.17) is 5.73 Å². The zero-order valence-electron chi connectivity index (χ0n) is 7.52. The minimum absolute atomic E-state index is 0.474. The van der Waals surface area contributed by atoms with Gasteiger partial charge in [0.1, 0.15) is 0 Å². The monoisotopic (exact) mass is 162 g/mol. The lowest BCUT2D eigenvalue weighted by atomic mass is 10.1. The first-order valence-corrected chi connectivity index (χ1v) is 3.88. The molecule has 0 unspecified atom stereocenters. The van der Waals surface area contributed by atoms with Crippen LogP contribution in [-0.2, 0) is 0 Å². The lowest BCUT2D eigenvalue weighted by Gasteiger charge is -2.08. The summed E-state index contributed by atoms with van der Waals surface area (Å²) in [6.45, 7) is 7.68. The molecule has 0 saturated carbocycles. The Labute approximate surface area is 73.1 Å². The average Bonchev–Trinajstić information content (AvgIpc) is 1.94. The number of benzene rings is 1. The summed E-state index contributed by atoms with van der Waals surface area (Å²) >= 11 is 0. The number of aryl methyl sites for hydroxylation is 2. The van der Waals surface area contributed by atoms with Crippen molar-refractivity contribution in [3.63, 3.8) is 0 Å². The maximum Gasteiger partial charge on any atom is 0.0930 e. The van der Waals surface area contributed by atoms with Gasteiger partial charge in [-0.15, -0.1) is 0 Å². The molecule has 0 aliphatic rings. The third-order valence-electron chi connectivity index (χ3n) is 1.68. The van der Waals surface area contributed by atoms with Crippen LogP contribution in [0, 0.1) is 13.8 Å². The van der Waals surface area contributed by atoms with E-state index in [0.717, 1.165) is 5.69 Å². The molecule has 2 heteroatoms. The molecule has 3 N–H and O–H groups in total. The Bertz CT molecular complexity index is 303. The second kappa shape index (κ2) is 3.30. The Morgan fingerprint density at radius 3 is 2.58 bits per heavy atom. The van der Waals surface area contributed by atoms with Crippen LogP contribution in [0.15, 0.2) is 30.6 Å². The summed E-state index contributed by atoms with van der Waals surface area (Å²) in [5.41, 5.74) is 8.88. The summed E-state index contributed by atoms with van der Waals surface area (Å²) in [4.78, 5) is 0. The van der Waals surface area contributed by atoms with E-state index in [0.29, 0.717) is 5.82 Å². The highest BCUT2D eigenvalue weighted by Gasteiger charge is 1.96. The van der Waals surface area contributed by atoms with Crippen molar-refractivity contribution in [3.05, 3.63) is 41.7 Å². The molecule has 1 rings (SSSR count). The van der Waals surface area contributed by atoms with Crippen LogP contribution >= 0.6 is 0 Å². The molecule has 0 bridgehead atoms. The molecule has 0 spiro atoms. The summed E-state index contributed by atoms with van der Waals surface area (Å²) in [5, 5.41) is 2.98. The van der Waals surface area contributed by atoms with Gasteiger partial charge in [-0.3, -0.25) is 0 Å². The van der Waals surface area contributed by atoms with Crippen LogP contribution in [0.2, 0.25) is 0 Å². The van der Waals surface area contributed by atoms with Crippen molar-refractivity contribution >= 4 is 5.69 Å². The topological polar surface area (TPSA) is 38.0 Å². The molecule has 12 heavy (non-hydrogen) atoms. The predicted octanol–water partition coefficient (Wildman–Crippen LogP) is 2.15. The van der Waals surface area contributed by atoms with Crippen LogP contribution in [-0.4, -0.2) is 0 Å². The second-order valence-electron chi connectivity index (χ2n) is 2.97. The highest BCUT2D eigenvalue weighted by atomic mass is 15.0. The number of rotatable bonds is 2. The Balaban J connectivity index is 2.93. The Kier molecular flexibility index (Phi) is 2.38. The van der Waals surface area contributed by atoms with Crippen LogP contribution in [0.4, 0.5) is 5.69 Å². The molecular weight excluding hydrogens is 148 g/mol. The van der Waals surface area contributed by atoms with Crippen molar-refractivity contribution in [2.75, 3.05) is 5.32 Å². The van der Waals surface area contributed by atoms with Crippen molar-refractivity contribution in [2.45, 2.75) is 13.8 Å². The van der Waals surface area contributed by atoms with Crippen molar-refractivity contribution in [1.82, 2.24) is 0 Å². The van der Waals surface area contributed by atoms with Gasteiger partial charge in [0.05, 0.1) is 5.82 Å². The molecule has 0 heterocycles. The van der Waals surface area contributed by atoms with Crippen molar-refractivity contribution < 1.29 is 0 Å². The van der Waals surface area contributed by atoms with Crippen molar-refractivity contribution in [1.29, 1.82) is 0 Å². The molecule has 0 saturated heterocycles. The van der Waals surface area contributed by atoms with Crippen LogP contribution in [0.1, 0.15) is 11.1 Å². The fourth-order valence-electron chi connectivity index (χ4n) is 1.13.